The molecule has 0 radical (unpaired) electrons. The van der Waals surface area contributed by atoms with Crippen molar-refractivity contribution in [1.82, 2.24) is 19.9 Å². The monoisotopic (exact) mass is 757 g/mol. The molecule has 0 aliphatic carbocycles. The van der Waals surface area contributed by atoms with E-state index in [4.69, 9.17) is 30.7 Å². The number of aryl methyl sites for hydroxylation is 2. The third kappa shape index (κ3) is 10.7. The normalized spacial score (nSPS) is 14.5. The fourth-order valence-electron chi connectivity index (χ4n) is 5.40. The van der Waals surface area contributed by atoms with Gasteiger partial charge in [0.25, 0.3) is 5.91 Å². The van der Waals surface area contributed by atoms with Gasteiger partial charge in [-0.15, -0.1) is 0 Å². The molecule has 1 N–H and O–H groups in total. The first-order chi connectivity index (χ1) is 23.9. The molecule has 51 heavy (non-hydrogen) atoms. The number of thiazole rings is 1. The highest BCUT2D eigenvalue weighted by molar-refractivity contribution is 7.17. The first-order valence-electron chi connectivity index (χ1n) is 17.9. The molecular weight excluding hydrogens is 702 g/mol. The van der Waals surface area contributed by atoms with E-state index < -0.39 is 13.7 Å². The van der Waals surface area contributed by atoms with Crippen LogP contribution in [0.1, 0.15) is 81.9 Å². The van der Waals surface area contributed by atoms with Crippen molar-refractivity contribution in [2.45, 2.75) is 92.8 Å². The number of ether oxygens (including phenoxy) is 1. The lowest BCUT2D eigenvalue weighted by atomic mass is 9.87. The van der Waals surface area contributed by atoms with E-state index in [9.17, 15) is 9.59 Å². The summed E-state index contributed by atoms with van der Waals surface area (Å²) in [6, 6.07) is 7.37. The molecule has 0 atom stereocenters. The molecule has 1 aliphatic heterocycles. The van der Waals surface area contributed by atoms with Crippen LogP contribution in [0.4, 0.5) is 22.5 Å². The molecule has 0 saturated carbocycles. The topological polar surface area (TPSA) is 113 Å². The summed E-state index contributed by atoms with van der Waals surface area (Å²) in [5, 5.41) is 4.03. The van der Waals surface area contributed by atoms with Crippen molar-refractivity contribution in [3.05, 3.63) is 51.7 Å². The summed E-state index contributed by atoms with van der Waals surface area (Å²) < 4.78 is 12.4. The van der Waals surface area contributed by atoms with Crippen molar-refractivity contribution in [3.63, 3.8) is 0 Å². The second-order valence-electron chi connectivity index (χ2n) is 15.4. The van der Waals surface area contributed by atoms with Crippen molar-refractivity contribution in [2.24, 2.45) is 5.41 Å². The zero-order valence-corrected chi connectivity index (χ0v) is 34.6. The minimum absolute atomic E-state index is 0.121. The molecule has 0 spiro atoms. The molecule has 1 aliphatic rings. The van der Waals surface area contributed by atoms with E-state index >= 15 is 0 Å². The van der Waals surface area contributed by atoms with E-state index in [1.807, 2.05) is 45.9 Å². The molecule has 1 aromatic carbocycles. The van der Waals surface area contributed by atoms with Gasteiger partial charge in [0, 0.05) is 45.4 Å². The fourth-order valence-corrected chi connectivity index (χ4v) is 7.51. The van der Waals surface area contributed by atoms with Gasteiger partial charge < -0.3 is 19.4 Å². The number of halogens is 1. The Morgan fingerprint density at radius 2 is 1.78 bits per heavy atom. The number of rotatable bonds is 15. The third-order valence-electron chi connectivity index (χ3n) is 9.90. The number of hydrogen-bond acceptors (Lipinski definition) is 11. The number of aromatic nitrogens is 3. The lowest BCUT2D eigenvalue weighted by Gasteiger charge is -2.38. The van der Waals surface area contributed by atoms with Crippen LogP contribution in [0.25, 0.3) is 0 Å². The predicted octanol–water partition coefficient (Wildman–Crippen LogP) is 8.45. The summed E-state index contributed by atoms with van der Waals surface area (Å²) in [6.45, 7) is 26.0. The molecule has 2 aromatic heterocycles. The lowest BCUT2D eigenvalue weighted by Crippen LogP contribution is -2.49. The average Bonchev–Trinajstić information content (AvgIpc) is 3.55. The quantitative estimate of drug-likeness (QED) is 0.0921. The largest absolute Gasteiger partial charge is 0.443 e. The predicted molar refractivity (Wildman–Crippen MR) is 211 cm³/mol. The molecule has 1 saturated heterocycles. The SMILES string of the molecule is CCCCC(C)(C)C(=O)OCN(c1cc(N2CCN(CCO[Si](C)(C)C(C)(C)C)CC2)nc(C)n1)c1ncc(C(=O)Nc2c(C)cccc2Cl)s1. The van der Waals surface area contributed by atoms with E-state index in [-0.39, 0.29) is 23.6 Å². The summed E-state index contributed by atoms with van der Waals surface area (Å²) in [6.07, 6.45) is 4.15. The molecule has 4 rings (SSSR count). The van der Waals surface area contributed by atoms with Crippen LogP contribution in [0.5, 0.6) is 0 Å². The molecule has 3 aromatic rings. The Bertz CT molecular complexity index is 1630. The van der Waals surface area contributed by atoms with Crippen molar-refractivity contribution in [3.8, 4) is 0 Å². The van der Waals surface area contributed by atoms with Gasteiger partial charge in [0.15, 0.2) is 20.2 Å². The number of carbonyl (C=O) groups excluding carboxylic acids is 2. The van der Waals surface area contributed by atoms with Crippen LogP contribution in [0.15, 0.2) is 30.5 Å². The lowest BCUT2D eigenvalue weighted by molar-refractivity contribution is -0.154. The maximum Gasteiger partial charge on any atom is 0.313 e. The Labute approximate surface area is 314 Å². The van der Waals surface area contributed by atoms with Crippen LogP contribution in [-0.2, 0) is 14.0 Å². The zero-order chi connectivity index (χ0) is 37.6. The molecule has 1 amide bonds. The van der Waals surface area contributed by atoms with Crippen LogP contribution in [0, 0.1) is 19.3 Å². The molecule has 0 bridgehead atoms. The van der Waals surface area contributed by atoms with Gasteiger partial charge >= 0.3 is 5.97 Å². The van der Waals surface area contributed by atoms with Crippen molar-refractivity contribution in [2.75, 3.05) is 61.2 Å². The van der Waals surface area contributed by atoms with E-state index in [0.29, 0.717) is 32.4 Å². The van der Waals surface area contributed by atoms with E-state index in [1.165, 1.54) is 17.5 Å². The Morgan fingerprint density at radius 3 is 2.43 bits per heavy atom. The maximum atomic E-state index is 13.3. The highest BCUT2D eigenvalue weighted by atomic mass is 35.5. The molecule has 11 nitrogen and oxygen atoms in total. The van der Waals surface area contributed by atoms with Crippen molar-refractivity contribution < 1.29 is 18.8 Å². The number of unbranched alkanes of at least 4 members (excludes halogenated alkanes) is 1. The second kappa shape index (κ2) is 17.1. The van der Waals surface area contributed by atoms with Crippen molar-refractivity contribution in [1.29, 1.82) is 0 Å². The third-order valence-corrected chi connectivity index (χ3v) is 15.8. The Morgan fingerprint density at radius 1 is 1.08 bits per heavy atom. The van der Waals surface area contributed by atoms with Crippen LogP contribution < -0.4 is 15.1 Å². The number of benzene rings is 1. The van der Waals surface area contributed by atoms with Crippen molar-refractivity contribution >= 4 is 65.6 Å². The number of piperazine rings is 1. The molecule has 3 heterocycles. The Kier molecular flexibility index (Phi) is 13.7. The summed E-state index contributed by atoms with van der Waals surface area (Å²) in [5.74, 6) is 1.27. The number of anilines is 4. The molecule has 0 unspecified atom stereocenters. The molecule has 1 fully saturated rings. The van der Waals surface area contributed by atoms with E-state index in [2.05, 4.69) is 60.9 Å². The summed E-state index contributed by atoms with van der Waals surface area (Å²) >= 11 is 7.57. The number of nitrogens with zero attached hydrogens (tertiary/aromatic N) is 6. The number of amides is 1. The fraction of sp³-hybridized carbons (Fsp3) is 0.595. The second-order valence-corrected chi connectivity index (χ2v) is 21.7. The van der Waals surface area contributed by atoms with Gasteiger partial charge in [-0.25, -0.2) is 15.0 Å². The van der Waals surface area contributed by atoms with Crippen LogP contribution in [-0.4, -0.2) is 86.1 Å². The summed E-state index contributed by atoms with van der Waals surface area (Å²) in [7, 11) is -1.79. The van der Waals surface area contributed by atoms with Gasteiger partial charge in [0.1, 0.15) is 22.3 Å². The first-order valence-corrected chi connectivity index (χ1v) is 22.0. The van der Waals surface area contributed by atoms with Gasteiger partial charge in [0.2, 0.25) is 0 Å². The summed E-state index contributed by atoms with van der Waals surface area (Å²) in [4.78, 5) is 47.6. The van der Waals surface area contributed by atoms with E-state index in [0.717, 1.165) is 70.0 Å². The van der Waals surface area contributed by atoms with Crippen LogP contribution in [0.3, 0.4) is 0 Å². The number of hydrogen-bond donors (Lipinski definition) is 1. The smallest absolute Gasteiger partial charge is 0.313 e. The Hall–Kier alpha value is -3.10. The highest BCUT2D eigenvalue weighted by Gasteiger charge is 2.37. The van der Waals surface area contributed by atoms with Gasteiger partial charge in [-0.05, 0) is 63.9 Å². The number of carbonyl (C=O) groups is 2. The number of para-hydroxylation sites is 1. The van der Waals surface area contributed by atoms with Gasteiger partial charge in [-0.2, -0.15) is 0 Å². The minimum Gasteiger partial charge on any atom is -0.443 e. The molecule has 14 heteroatoms. The summed E-state index contributed by atoms with van der Waals surface area (Å²) in [5.41, 5.74) is 0.757. The number of esters is 1. The Balaban J connectivity index is 1.53. The molecule has 280 valence electrons. The minimum atomic E-state index is -1.79. The molecular formula is C37H56ClN7O4SSi. The highest BCUT2D eigenvalue weighted by Crippen LogP contribution is 2.37. The van der Waals surface area contributed by atoms with Gasteiger partial charge in [0.05, 0.1) is 22.3 Å². The standard InChI is InChI=1S/C37H56ClN7O4SSi/c1-11-12-16-37(7,8)34(47)48-25-45(35-39-24-29(50-35)33(46)42-32-26(2)14-13-15-28(32)38)31-23-30(40-27(3)41-31)44-19-17-43(18-20-44)21-22-49-51(9,10)36(4,5)6/h13-15,23-24H,11-12,16-22,25H2,1-10H3,(H,42,46). The van der Waals surface area contributed by atoms with Gasteiger partial charge in [-0.1, -0.05) is 75.6 Å². The zero-order valence-electron chi connectivity index (χ0n) is 32.1. The first kappa shape index (κ1) is 40.7. The average molecular weight is 759 g/mol. The van der Waals surface area contributed by atoms with Gasteiger partial charge in [-0.3, -0.25) is 19.4 Å². The van der Waals surface area contributed by atoms with Crippen LogP contribution in [0.2, 0.25) is 23.2 Å². The maximum absolute atomic E-state index is 13.3. The number of nitrogens with one attached hydrogen (secondary N) is 1. The van der Waals surface area contributed by atoms with Crippen LogP contribution >= 0.6 is 22.9 Å². The van der Waals surface area contributed by atoms with E-state index in [1.54, 1.807) is 11.0 Å².